The zero-order chi connectivity index (χ0) is 12.4. The number of anilines is 1. The molecule has 1 saturated carbocycles. The van der Waals surface area contributed by atoms with Crippen molar-refractivity contribution in [2.24, 2.45) is 0 Å². The van der Waals surface area contributed by atoms with Gasteiger partial charge < -0.3 is 9.84 Å². The Hall–Kier alpha value is -1.76. The molecule has 2 aromatic heterocycles. The van der Waals surface area contributed by atoms with E-state index >= 15 is 0 Å². The van der Waals surface area contributed by atoms with Gasteiger partial charge in [-0.3, -0.25) is 4.79 Å². The van der Waals surface area contributed by atoms with Crippen molar-refractivity contribution in [1.29, 1.82) is 0 Å². The van der Waals surface area contributed by atoms with Crippen molar-refractivity contribution < 1.29 is 9.32 Å². The van der Waals surface area contributed by atoms with Crippen molar-refractivity contribution in [3.63, 3.8) is 0 Å². The Labute approximate surface area is 108 Å². The third-order valence-electron chi connectivity index (χ3n) is 2.75. The highest BCUT2D eigenvalue weighted by Gasteiger charge is 2.27. The predicted molar refractivity (Wildman–Crippen MR) is 65.3 cm³/mol. The highest BCUT2D eigenvalue weighted by Crippen LogP contribution is 2.39. The molecule has 94 valence electrons. The normalized spacial score (nSPS) is 14.7. The molecule has 1 N–H and O–H groups in total. The maximum Gasteiger partial charge on any atom is 0.226 e. The highest BCUT2D eigenvalue weighted by atomic mass is 32.1. The van der Waals surface area contributed by atoms with Crippen LogP contribution in [0.5, 0.6) is 0 Å². The number of aromatic nitrogens is 3. The summed E-state index contributed by atoms with van der Waals surface area (Å²) in [6.07, 6.45) is 6.49. The second-order valence-corrected chi connectivity index (χ2v) is 5.06. The number of amides is 1. The number of nitrogens with zero attached hydrogens (tertiary/aromatic N) is 3. The summed E-state index contributed by atoms with van der Waals surface area (Å²) in [6.45, 7) is 0. The molecular weight excluding hydrogens is 252 g/mol. The average molecular weight is 264 g/mol. The van der Waals surface area contributed by atoms with E-state index in [9.17, 15) is 4.79 Å². The van der Waals surface area contributed by atoms with Gasteiger partial charge in [0.05, 0.1) is 6.20 Å². The van der Waals surface area contributed by atoms with Gasteiger partial charge in [0.1, 0.15) is 12.1 Å². The molecule has 0 radical (unpaired) electrons. The molecule has 2 heterocycles. The van der Waals surface area contributed by atoms with E-state index in [1.807, 2.05) is 0 Å². The number of hydrogen-bond donors (Lipinski definition) is 1. The number of rotatable bonds is 5. The fourth-order valence-electron chi connectivity index (χ4n) is 1.58. The lowest BCUT2D eigenvalue weighted by Crippen LogP contribution is -2.12. The van der Waals surface area contributed by atoms with E-state index in [1.54, 1.807) is 12.5 Å². The molecule has 0 bridgehead atoms. The Morgan fingerprint density at radius 2 is 2.44 bits per heavy atom. The maximum absolute atomic E-state index is 11.7. The number of carbonyl (C=O) groups is 1. The molecule has 1 aliphatic rings. The van der Waals surface area contributed by atoms with Crippen LogP contribution in [0.4, 0.5) is 5.13 Å². The van der Waals surface area contributed by atoms with Crippen molar-refractivity contribution in [1.82, 2.24) is 14.5 Å². The second-order valence-electron chi connectivity index (χ2n) is 4.31. The minimum absolute atomic E-state index is 0.0605. The zero-order valence-electron chi connectivity index (χ0n) is 9.63. The molecule has 1 aliphatic carbocycles. The summed E-state index contributed by atoms with van der Waals surface area (Å²) in [6, 6.07) is 0. The molecular formula is C11H12N4O2S. The van der Waals surface area contributed by atoms with Crippen LogP contribution in [0, 0.1) is 0 Å². The predicted octanol–water partition coefficient (Wildman–Crippen LogP) is 1.97. The Morgan fingerprint density at radius 3 is 3.17 bits per heavy atom. The third-order valence-corrected chi connectivity index (χ3v) is 3.40. The Morgan fingerprint density at radius 1 is 1.56 bits per heavy atom. The van der Waals surface area contributed by atoms with Crippen LogP contribution in [0.2, 0.25) is 0 Å². The van der Waals surface area contributed by atoms with E-state index in [2.05, 4.69) is 19.8 Å². The fraction of sp³-hybridized carbons (Fsp3) is 0.455. The number of carbonyl (C=O) groups excluding carboxylic acids is 1. The van der Waals surface area contributed by atoms with Gasteiger partial charge in [0.15, 0.2) is 0 Å². The lowest BCUT2D eigenvalue weighted by atomic mass is 10.2. The van der Waals surface area contributed by atoms with Crippen LogP contribution in [-0.4, -0.2) is 20.4 Å². The van der Waals surface area contributed by atoms with Crippen LogP contribution >= 0.6 is 11.5 Å². The van der Waals surface area contributed by atoms with E-state index in [1.165, 1.54) is 11.5 Å². The summed E-state index contributed by atoms with van der Waals surface area (Å²) in [5.41, 5.74) is 0.918. The lowest BCUT2D eigenvalue weighted by Gasteiger charge is -1.98. The fourth-order valence-corrected chi connectivity index (χ4v) is 2.25. The first kappa shape index (κ1) is 11.3. The van der Waals surface area contributed by atoms with Crippen molar-refractivity contribution in [3.05, 3.63) is 23.8 Å². The maximum atomic E-state index is 11.7. The first-order valence-corrected chi connectivity index (χ1v) is 6.60. The van der Waals surface area contributed by atoms with Crippen molar-refractivity contribution in [2.45, 2.75) is 31.6 Å². The molecule has 1 fully saturated rings. The van der Waals surface area contributed by atoms with Gasteiger partial charge in [-0.15, -0.1) is 0 Å². The third kappa shape index (κ3) is 2.73. The lowest BCUT2D eigenvalue weighted by molar-refractivity contribution is -0.116. The van der Waals surface area contributed by atoms with Crippen molar-refractivity contribution >= 4 is 22.6 Å². The van der Waals surface area contributed by atoms with E-state index < -0.39 is 0 Å². The standard InChI is InChI=1S/C11H12N4O2S/c16-9(4-1-7-5-12-17-6-7)13-11-14-10(15-18-11)8-2-3-8/h5-6,8H,1-4H2,(H,13,14,15,16). The Bertz CT molecular complexity index is 533. The average Bonchev–Trinajstić information content (AvgIpc) is 2.90. The van der Waals surface area contributed by atoms with Crippen LogP contribution in [-0.2, 0) is 11.2 Å². The molecule has 6 nitrogen and oxygen atoms in total. The molecule has 0 spiro atoms. The second kappa shape index (κ2) is 4.85. The van der Waals surface area contributed by atoms with Crippen molar-refractivity contribution in [3.8, 4) is 0 Å². The minimum Gasteiger partial charge on any atom is -0.364 e. The first-order valence-electron chi connectivity index (χ1n) is 5.83. The van der Waals surface area contributed by atoms with E-state index in [0.717, 1.165) is 24.2 Å². The molecule has 0 aromatic carbocycles. The largest absolute Gasteiger partial charge is 0.364 e. The summed E-state index contributed by atoms with van der Waals surface area (Å²) in [5.74, 6) is 1.33. The molecule has 7 heteroatoms. The van der Waals surface area contributed by atoms with Crippen LogP contribution in [0.25, 0.3) is 0 Å². The molecule has 0 saturated heterocycles. The van der Waals surface area contributed by atoms with Gasteiger partial charge >= 0.3 is 0 Å². The summed E-state index contributed by atoms with van der Waals surface area (Å²) in [5, 5.41) is 6.94. The van der Waals surface area contributed by atoms with Crippen LogP contribution in [0.1, 0.15) is 36.6 Å². The van der Waals surface area contributed by atoms with Gasteiger partial charge in [-0.05, 0) is 19.3 Å². The molecule has 0 aliphatic heterocycles. The van der Waals surface area contributed by atoms with E-state index in [4.69, 9.17) is 4.52 Å². The quantitative estimate of drug-likeness (QED) is 0.893. The monoisotopic (exact) mass is 264 g/mol. The topological polar surface area (TPSA) is 80.9 Å². The van der Waals surface area contributed by atoms with Gasteiger partial charge in [-0.1, -0.05) is 5.16 Å². The summed E-state index contributed by atoms with van der Waals surface area (Å²) in [4.78, 5) is 16.0. The van der Waals surface area contributed by atoms with Gasteiger partial charge in [0.25, 0.3) is 0 Å². The summed E-state index contributed by atoms with van der Waals surface area (Å²) < 4.78 is 8.93. The Kier molecular flexibility index (Phi) is 3.06. The molecule has 3 rings (SSSR count). The molecule has 0 atom stereocenters. The van der Waals surface area contributed by atoms with Gasteiger partial charge in [0, 0.05) is 29.4 Å². The molecule has 1 amide bonds. The highest BCUT2D eigenvalue weighted by molar-refractivity contribution is 7.09. The SMILES string of the molecule is O=C(CCc1cnoc1)Nc1nc(C2CC2)ns1. The van der Waals surface area contributed by atoms with Crippen LogP contribution in [0.15, 0.2) is 17.0 Å². The van der Waals surface area contributed by atoms with E-state index in [-0.39, 0.29) is 5.91 Å². The van der Waals surface area contributed by atoms with Crippen LogP contribution in [0.3, 0.4) is 0 Å². The number of aryl methyl sites for hydroxylation is 1. The first-order chi connectivity index (χ1) is 8.81. The van der Waals surface area contributed by atoms with Gasteiger partial charge in [0.2, 0.25) is 11.0 Å². The number of nitrogens with one attached hydrogen (secondary N) is 1. The molecule has 0 unspecified atom stereocenters. The number of hydrogen-bond acceptors (Lipinski definition) is 6. The van der Waals surface area contributed by atoms with Crippen molar-refractivity contribution in [2.75, 3.05) is 5.32 Å². The summed E-state index contributed by atoms with van der Waals surface area (Å²) in [7, 11) is 0. The molecule has 18 heavy (non-hydrogen) atoms. The van der Waals surface area contributed by atoms with Gasteiger partial charge in [-0.2, -0.15) is 4.37 Å². The van der Waals surface area contributed by atoms with E-state index in [0.29, 0.717) is 23.9 Å². The Balaban J connectivity index is 1.50. The smallest absolute Gasteiger partial charge is 0.226 e. The molecule has 2 aromatic rings. The van der Waals surface area contributed by atoms with Crippen LogP contribution < -0.4 is 5.32 Å². The zero-order valence-corrected chi connectivity index (χ0v) is 10.4. The summed E-state index contributed by atoms with van der Waals surface area (Å²) >= 11 is 1.25. The minimum atomic E-state index is -0.0605. The van der Waals surface area contributed by atoms with Gasteiger partial charge in [-0.25, -0.2) is 4.98 Å².